The van der Waals surface area contributed by atoms with E-state index in [1.54, 1.807) is 43.3 Å². The molecule has 0 bridgehead atoms. The van der Waals surface area contributed by atoms with Gasteiger partial charge in [0.25, 0.3) is 0 Å². The van der Waals surface area contributed by atoms with Crippen LogP contribution in [0.25, 0.3) is 5.82 Å². The van der Waals surface area contributed by atoms with Gasteiger partial charge in [-0.25, -0.2) is 4.68 Å². The lowest BCUT2D eigenvalue weighted by Crippen LogP contribution is -2.14. The van der Waals surface area contributed by atoms with Gasteiger partial charge in [0, 0.05) is 23.6 Å². The molecule has 0 saturated carbocycles. The SMILES string of the molecule is COc1ccc(NC(=O)CSc2ccc(-n3nccc3C)nn2)cc1OC. The normalized spacial score (nSPS) is 10.5. The summed E-state index contributed by atoms with van der Waals surface area (Å²) >= 11 is 1.30. The maximum Gasteiger partial charge on any atom is 0.234 e. The van der Waals surface area contributed by atoms with Gasteiger partial charge in [-0.05, 0) is 37.3 Å². The van der Waals surface area contributed by atoms with E-state index in [0.29, 0.717) is 28.0 Å². The minimum atomic E-state index is -0.152. The summed E-state index contributed by atoms with van der Waals surface area (Å²) in [5.74, 6) is 1.85. The quantitative estimate of drug-likeness (QED) is 0.625. The zero-order valence-electron chi connectivity index (χ0n) is 15.2. The fourth-order valence-corrected chi connectivity index (χ4v) is 2.98. The van der Waals surface area contributed by atoms with Crippen LogP contribution in [0, 0.1) is 6.92 Å². The Morgan fingerprint density at radius 2 is 1.93 bits per heavy atom. The highest BCUT2D eigenvalue weighted by atomic mass is 32.2. The Balaban J connectivity index is 1.57. The standard InChI is InChI=1S/C18H19N5O3S/c1-12-8-9-19-23(12)16-6-7-18(22-21-16)27-11-17(24)20-13-4-5-14(25-2)15(10-13)26-3/h4-10H,11H2,1-3H3,(H,20,24). The van der Waals surface area contributed by atoms with E-state index < -0.39 is 0 Å². The van der Waals surface area contributed by atoms with Gasteiger partial charge in [0.05, 0.1) is 20.0 Å². The van der Waals surface area contributed by atoms with Crippen molar-refractivity contribution in [2.24, 2.45) is 0 Å². The lowest BCUT2D eigenvalue weighted by Gasteiger charge is -2.10. The number of hydrogen-bond donors (Lipinski definition) is 1. The molecule has 0 radical (unpaired) electrons. The third-order valence-electron chi connectivity index (χ3n) is 3.69. The predicted molar refractivity (Wildman–Crippen MR) is 103 cm³/mol. The largest absolute Gasteiger partial charge is 0.493 e. The lowest BCUT2D eigenvalue weighted by atomic mass is 10.2. The summed E-state index contributed by atoms with van der Waals surface area (Å²) in [4.78, 5) is 12.2. The number of nitrogens with zero attached hydrogens (tertiary/aromatic N) is 4. The number of carbonyl (C=O) groups is 1. The van der Waals surface area contributed by atoms with Crippen LogP contribution in [0.15, 0.2) is 47.6 Å². The number of methoxy groups -OCH3 is 2. The Kier molecular flexibility index (Phi) is 5.92. The monoisotopic (exact) mass is 385 g/mol. The Bertz CT molecular complexity index is 927. The van der Waals surface area contributed by atoms with Crippen LogP contribution in [-0.4, -0.2) is 45.9 Å². The Labute approximate surface area is 160 Å². The number of aryl methyl sites for hydroxylation is 1. The fraction of sp³-hybridized carbons (Fsp3) is 0.222. The first-order valence-electron chi connectivity index (χ1n) is 8.10. The van der Waals surface area contributed by atoms with E-state index in [-0.39, 0.29) is 11.7 Å². The molecule has 1 N–H and O–H groups in total. The van der Waals surface area contributed by atoms with E-state index in [4.69, 9.17) is 9.47 Å². The van der Waals surface area contributed by atoms with Crippen molar-refractivity contribution < 1.29 is 14.3 Å². The predicted octanol–water partition coefficient (Wildman–Crippen LogP) is 2.72. The highest BCUT2D eigenvalue weighted by Crippen LogP contribution is 2.29. The second-order valence-corrected chi connectivity index (χ2v) is 6.52. The van der Waals surface area contributed by atoms with Gasteiger partial charge in [-0.1, -0.05) is 11.8 Å². The van der Waals surface area contributed by atoms with E-state index in [2.05, 4.69) is 20.6 Å². The van der Waals surface area contributed by atoms with Gasteiger partial charge < -0.3 is 14.8 Å². The van der Waals surface area contributed by atoms with Crippen molar-refractivity contribution >= 4 is 23.4 Å². The number of carbonyl (C=O) groups excluding carboxylic acids is 1. The van der Waals surface area contributed by atoms with Gasteiger partial charge in [0.15, 0.2) is 17.3 Å². The summed E-state index contributed by atoms with van der Waals surface area (Å²) in [5, 5.41) is 16.0. The summed E-state index contributed by atoms with van der Waals surface area (Å²) < 4.78 is 12.1. The van der Waals surface area contributed by atoms with Gasteiger partial charge >= 0.3 is 0 Å². The molecule has 0 unspecified atom stereocenters. The molecule has 1 amide bonds. The van der Waals surface area contributed by atoms with Gasteiger partial charge in [-0.15, -0.1) is 10.2 Å². The average molecular weight is 385 g/mol. The topological polar surface area (TPSA) is 91.2 Å². The number of ether oxygens (including phenoxy) is 2. The Morgan fingerprint density at radius 3 is 2.56 bits per heavy atom. The van der Waals surface area contributed by atoms with E-state index in [1.807, 2.05) is 25.1 Å². The van der Waals surface area contributed by atoms with Crippen LogP contribution in [0.5, 0.6) is 11.5 Å². The van der Waals surface area contributed by atoms with Crippen molar-refractivity contribution in [3.8, 4) is 17.3 Å². The molecule has 9 heteroatoms. The summed E-state index contributed by atoms with van der Waals surface area (Å²) in [6, 6.07) is 10.7. The summed E-state index contributed by atoms with van der Waals surface area (Å²) in [5.41, 5.74) is 1.60. The maximum atomic E-state index is 12.2. The number of amides is 1. The second-order valence-electron chi connectivity index (χ2n) is 5.52. The summed E-state index contributed by atoms with van der Waals surface area (Å²) in [7, 11) is 3.11. The molecule has 3 rings (SSSR count). The van der Waals surface area contributed by atoms with E-state index in [0.717, 1.165) is 5.69 Å². The molecule has 0 aliphatic rings. The molecule has 1 aromatic carbocycles. The number of benzene rings is 1. The minimum Gasteiger partial charge on any atom is -0.493 e. The van der Waals surface area contributed by atoms with E-state index in [9.17, 15) is 4.79 Å². The molecule has 2 aromatic heterocycles. The van der Waals surface area contributed by atoms with Crippen molar-refractivity contribution in [2.45, 2.75) is 11.9 Å². The molecule has 0 fully saturated rings. The van der Waals surface area contributed by atoms with Gasteiger partial charge in [-0.3, -0.25) is 4.79 Å². The molecule has 2 heterocycles. The molecule has 140 valence electrons. The zero-order valence-corrected chi connectivity index (χ0v) is 16.0. The first-order chi connectivity index (χ1) is 13.1. The average Bonchev–Trinajstić information content (AvgIpc) is 3.12. The van der Waals surface area contributed by atoms with E-state index in [1.165, 1.54) is 11.8 Å². The molecule has 3 aromatic rings. The molecule has 27 heavy (non-hydrogen) atoms. The number of aromatic nitrogens is 4. The molecular formula is C18H19N5O3S. The third kappa shape index (κ3) is 4.56. The van der Waals surface area contributed by atoms with Gasteiger partial charge in [0.2, 0.25) is 5.91 Å². The number of thioether (sulfide) groups is 1. The summed E-state index contributed by atoms with van der Waals surface area (Å²) in [6.07, 6.45) is 1.71. The number of nitrogens with one attached hydrogen (secondary N) is 1. The van der Waals surface area contributed by atoms with Gasteiger partial charge in [0.1, 0.15) is 5.03 Å². The molecule has 0 atom stereocenters. The minimum absolute atomic E-state index is 0.152. The van der Waals surface area contributed by atoms with Crippen molar-refractivity contribution in [1.82, 2.24) is 20.0 Å². The smallest absolute Gasteiger partial charge is 0.234 e. The molecule has 0 aliphatic heterocycles. The molecule has 0 aliphatic carbocycles. The molecule has 0 saturated heterocycles. The third-order valence-corrected chi connectivity index (χ3v) is 4.61. The molecule has 8 nitrogen and oxygen atoms in total. The van der Waals surface area contributed by atoms with Crippen LogP contribution in [-0.2, 0) is 4.79 Å². The zero-order chi connectivity index (χ0) is 19.2. The van der Waals surface area contributed by atoms with Crippen molar-refractivity contribution in [1.29, 1.82) is 0 Å². The van der Waals surface area contributed by atoms with Gasteiger partial charge in [-0.2, -0.15) is 5.10 Å². The fourth-order valence-electron chi connectivity index (χ4n) is 2.36. The van der Waals surface area contributed by atoms with Crippen molar-refractivity contribution in [3.05, 3.63) is 48.3 Å². The second kappa shape index (κ2) is 8.54. The van der Waals surface area contributed by atoms with Crippen molar-refractivity contribution in [2.75, 3.05) is 25.3 Å². The number of anilines is 1. The van der Waals surface area contributed by atoms with Crippen LogP contribution >= 0.6 is 11.8 Å². The molecular weight excluding hydrogens is 366 g/mol. The van der Waals surface area contributed by atoms with Crippen LogP contribution in [0.2, 0.25) is 0 Å². The Morgan fingerprint density at radius 1 is 1.11 bits per heavy atom. The van der Waals surface area contributed by atoms with Crippen LogP contribution < -0.4 is 14.8 Å². The van der Waals surface area contributed by atoms with Crippen molar-refractivity contribution in [3.63, 3.8) is 0 Å². The first kappa shape index (κ1) is 18.7. The first-order valence-corrected chi connectivity index (χ1v) is 9.08. The maximum absolute atomic E-state index is 12.2. The lowest BCUT2D eigenvalue weighted by molar-refractivity contribution is -0.113. The Hall–Kier alpha value is -3.07. The highest BCUT2D eigenvalue weighted by Gasteiger charge is 2.09. The van der Waals surface area contributed by atoms with Crippen LogP contribution in [0.1, 0.15) is 5.69 Å². The summed E-state index contributed by atoms with van der Waals surface area (Å²) in [6.45, 7) is 1.94. The molecule has 0 spiro atoms. The number of rotatable bonds is 7. The van der Waals surface area contributed by atoms with Crippen LogP contribution in [0.3, 0.4) is 0 Å². The highest BCUT2D eigenvalue weighted by molar-refractivity contribution is 7.99. The number of hydrogen-bond acceptors (Lipinski definition) is 7. The van der Waals surface area contributed by atoms with E-state index >= 15 is 0 Å². The van der Waals surface area contributed by atoms with Crippen LogP contribution in [0.4, 0.5) is 5.69 Å².